The van der Waals surface area contributed by atoms with Gasteiger partial charge in [0, 0.05) is 13.1 Å². The van der Waals surface area contributed by atoms with E-state index < -0.39 is 22.4 Å². The predicted molar refractivity (Wildman–Crippen MR) is 67.3 cm³/mol. The maximum atomic E-state index is 13.4. The second kappa shape index (κ2) is 4.47. The van der Waals surface area contributed by atoms with Gasteiger partial charge in [0.2, 0.25) is 0 Å². The number of esters is 1. The molecule has 0 saturated heterocycles. The largest absolute Gasteiger partial charge is 0.422 e. The summed E-state index contributed by atoms with van der Waals surface area (Å²) in [5.74, 6) is -1.59. The molecule has 8 nitrogen and oxygen atoms in total. The SMILES string of the molecule is Cn1cnc(C=C2OC(=O)c3cc(F)cc([N+](=O)[O-])c32)n1. The number of ether oxygens (including phenoxy) is 1. The van der Waals surface area contributed by atoms with Crippen molar-refractivity contribution >= 4 is 23.5 Å². The second-order valence-electron chi connectivity index (χ2n) is 4.28. The fourth-order valence-corrected chi connectivity index (χ4v) is 2.00. The average Bonchev–Trinajstić information content (AvgIpc) is 2.94. The summed E-state index contributed by atoms with van der Waals surface area (Å²) in [5, 5.41) is 15.0. The van der Waals surface area contributed by atoms with E-state index in [9.17, 15) is 19.3 Å². The first kappa shape index (κ1) is 12.9. The van der Waals surface area contributed by atoms with E-state index in [0.717, 1.165) is 12.1 Å². The number of aryl methyl sites for hydroxylation is 1. The minimum absolute atomic E-state index is 0.0705. The highest BCUT2D eigenvalue weighted by molar-refractivity contribution is 6.07. The highest BCUT2D eigenvalue weighted by atomic mass is 19.1. The molecule has 1 aliphatic heterocycles. The van der Waals surface area contributed by atoms with Crippen LogP contribution in [0.1, 0.15) is 21.7 Å². The Morgan fingerprint density at radius 1 is 1.48 bits per heavy atom. The molecular formula is C12H7FN4O4. The van der Waals surface area contributed by atoms with Gasteiger partial charge in [0.05, 0.1) is 16.6 Å². The summed E-state index contributed by atoms with van der Waals surface area (Å²) in [6.07, 6.45) is 2.71. The van der Waals surface area contributed by atoms with Gasteiger partial charge in [0.1, 0.15) is 23.5 Å². The van der Waals surface area contributed by atoms with Crippen LogP contribution >= 0.6 is 0 Å². The lowest BCUT2D eigenvalue weighted by atomic mass is 10.1. The van der Waals surface area contributed by atoms with E-state index in [4.69, 9.17) is 4.74 Å². The fraction of sp³-hybridized carbons (Fsp3) is 0.0833. The Bertz CT molecular complexity index is 812. The number of nitro groups is 1. The van der Waals surface area contributed by atoms with Crippen LogP contribution in [0.2, 0.25) is 0 Å². The molecule has 0 atom stereocenters. The number of aromatic nitrogens is 3. The van der Waals surface area contributed by atoms with Gasteiger partial charge < -0.3 is 4.74 Å². The molecule has 1 aliphatic rings. The number of carbonyl (C=O) groups is 1. The summed E-state index contributed by atoms with van der Waals surface area (Å²) in [7, 11) is 1.64. The first-order chi connectivity index (χ1) is 9.95. The second-order valence-corrected chi connectivity index (χ2v) is 4.28. The van der Waals surface area contributed by atoms with Gasteiger partial charge >= 0.3 is 5.97 Å². The molecule has 0 bridgehead atoms. The van der Waals surface area contributed by atoms with Crippen LogP contribution in [-0.4, -0.2) is 25.7 Å². The van der Waals surface area contributed by atoms with Crippen LogP contribution in [0.5, 0.6) is 0 Å². The lowest BCUT2D eigenvalue weighted by Gasteiger charge is -1.99. The highest BCUT2D eigenvalue weighted by Crippen LogP contribution is 2.38. The zero-order chi connectivity index (χ0) is 15.1. The molecule has 2 aromatic rings. The summed E-state index contributed by atoms with van der Waals surface area (Å²) in [6.45, 7) is 0. The van der Waals surface area contributed by atoms with Crippen molar-refractivity contribution in [1.29, 1.82) is 0 Å². The lowest BCUT2D eigenvalue weighted by molar-refractivity contribution is -0.385. The number of fused-ring (bicyclic) bond motifs is 1. The molecule has 0 fully saturated rings. The molecule has 0 unspecified atom stereocenters. The van der Waals surface area contributed by atoms with E-state index in [1.807, 2.05) is 0 Å². The van der Waals surface area contributed by atoms with E-state index >= 15 is 0 Å². The van der Waals surface area contributed by atoms with Gasteiger partial charge in [0.15, 0.2) is 5.82 Å². The zero-order valence-electron chi connectivity index (χ0n) is 10.6. The topological polar surface area (TPSA) is 100 Å². The standard InChI is InChI=1S/C12H7FN4O4/c1-16-5-14-10(15-16)4-9-11-7(12(18)21-9)2-6(13)3-8(11)17(19)20/h2-5H,1H3. The molecule has 106 valence electrons. The quantitative estimate of drug-likeness (QED) is 0.472. The monoisotopic (exact) mass is 290 g/mol. The molecule has 9 heteroatoms. The Morgan fingerprint density at radius 3 is 2.86 bits per heavy atom. The Morgan fingerprint density at radius 2 is 2.24 bits per heavy atom. The molecule has 3 rings (SSSR count). The number of nitrogens with zero attached hydrogens (tertiary/aromatic N) is 4. The van der Waals surface area contributed by atoms with Crippen molar-refractivity contribution in [2.24, 2.45) is 7.05 Å². The molecule has 2 heterocycles. The molecular weight excluding hydrogens is 283 g/mol. The molecule has 21 heavy (non-hydrogen) atoms. The first-order valence-corrected chi connectivity index (χ1v) is 5.73. The number of benzene rings is 1. The molecule has 0 aliphatic carbocycles. The lowest BCUT2D eigenvalue weighted by Crippen LogP contribution is -1.98. The molecule has 0 radical (unpaired) electrons. The third kappa shape index (κ3) is 2.14. The van der Waals surface area contributed by atoms with Crippen molar-refractivity contribution in [2.75, 3.05) is 0 Å². The summed E-state index contributed by atoms with van der Waals surface area (Å²) >= 11 is 0. The predicted octanol–water partition coefficient (Wildman–Crippen LogP) is 1.53. The van der Waals surface area contributed by atoms with E-state index in [0.29, 0.717) is 0 Å². The van der Waals surface area contributed by atoms with Gasteiger partial charge in [-0.25, -0.2) is 14.2 Å². The molecule has 0 amide bonds. The van der Waals surface area contributed by atoms with Gasteiger partial charge in [-0.05, 0) is 6.07 Å². The van der Waals surface area contributed by atoms with E-state index in [-0.39, 0.29) is 22.7 Å². The van der Waals surface area contributed by atoms with Crippen molar-refractivity contribution in [3.63, 3.8) is 0 Å². The Hall–Kier alpha value is -3.10. The Balaban J connectivity index is 2.21. The van der Waals surface area contributed by atoms with Gasteiger partial charge in [-0.2, -0.15) is 5.10 Å². The maximum absolute atomic E-state index is 13.4. The van der Waals surface area contributed by atoms with Crippen molar-refractivity contribution in [1.82, 2.24) is 14.8 Å². The van der Waals surface area contributed by atoms with Crippen molar-refractivity contribution in [2.45, 2.75) is 0 Å². The number of cyclic esters (lactones) is 1. The fourth-order valence-electron chi connectivity index (χ4n) is 2.00. The minimum Gasteiger partial charge on any atom is -0.422 e. The molecule has 1 aromatic heterocycles. The smallest absolute Gasteiger partial charge is 0.344 e. The van der Waals surface area contributed by atoms with E-state index in [1.54, 1.807) is 7.05 Å². The summed E-state index contributed by atoms with van der Waals surface area (Å²) in [6, 6.07) is 1.64. The summed E-state index contributed by atoms with van der Waals surface area (Å²) in [4.78, 5) is 25.9. The number of nitro benzene ring substituents is 1. The van der Waals surface area contributed by atoms with Crippen LogP contribution in [-0.2, 0) is 11.8 Å². The number of carbonyl (C=O) groups excluding carboxylic acids is 1. The first-order valence-electron chi connectivity index (χ1n) is 5.73. The number of hydrogen-bond donors (Lipinski definition) is 0. The van der Waals surface area contributed by atoms with Crippen LogP contribution in [0.4, 0.5) is 10.1 Å². The van der Waals surface area contributed by atoms with Crippen molar-refractivity contribution in [3.8, 4) is 0 Å². The molecule has 1 aromatic carbocycles. The Labute approximate surface area is 116 Å². The third-order valence-electron chi connectivity index (χ3n) is 2.83. The summed E-state index contributed by atoms with van der Waals surface area (Å²) < 4.78 is 19.7. The minimum atomic E-state index is -0.880. The van der Waals surface area contributed by atoms with Gasteiger partial charge in [-0.15, -0.1) is 0 Å². The van der Waals surface area contributed by atoms with Crippen molar-refractivity contribution < 1.29 is 18.8 Å². The van der Waals surface area contributed by atoms with E-state index in [1.165, 1.54) is 17.1 Å². The van der Waals surface area contributed by atoms with Crippen LogP contribution < -0.4 is 0 Å². The normalized spacial score (nSPS) is 15.1. The Kier molecular flexibility index (Phi) is 2.75. The van der Waals surface area contributed by atoms with Gasteiger partial charge in [-0.3, -0.25) is 14.8 Å². The van der Waals surface area contributed by atoms with Crippen molar-refractivity contribution in [3.05, 3.63) is 51.3 Å². The average molecular weight is 290 g/mol. The zero-order valence-corrected chi connectivity index (χ0v) is 10.6. The molecule has 0 spiro atoms. The third-order valence-corrected chi connectivity index (χ3v) is 2.83. The summed E-state index contributed by atoms with van der Waals surface area (Å²) in [5.41, 5.74) is -0.805. The number of halogens is 1. The van der Waals surface area contributed by atoms with Crippen LogP contribution in [0.25, 0.3) is 11.8 Å². The maximum Gasteiger partial charge on any atom is 0.344 e. The van der Waals surface area contributed by atoms with Crippen LogP contribution in [0.15, 0.2) is 18.5 Å². The number of hydrogen-bond acceptors (Lipinski definition) is 6. The van der Waals surface area contributed by atoms with Crippen LogP contribution in [0.3, 0.4) is 0 Å². The van der Waals surface area contributed by atoms with Gasteiger partial charge in [0.25, 0.3) is 5.69 Å². The van der Waals surface area contributed by atoms with Crippen LogP contribution in [0, 0.1) is 15.9 Å². The highest BCUT2D eigenvalue weighted by Gasteiger charge is 2.35. The van der Waals surface area contributed by atoms with E-state index in [2.05, 4.69) is 10.1 Å². The molecule has 0 saturated carbocycles. The van der Waals surface area contributed by atoms with Gasteiger partial charge in [-0.1, -0.05) is 0 Å². The molecule has 0 N–H and O–H groups in total. The number of rotatable bonds is 2.